The normalized spacial score (nSPS) is 15.8. The average Bonchev–Trinajstić information content (AvgIpc) is 3.10. The van der Waals surface area contributed by atoms with Gasteiger partial charge in [0.2, 0.25) is 11.7 Å². The Hall–Kier alpha value is -3.22. The van der Waals surface area contributed by atoms with Gasteiger partial charge in [-0.25, -0.2) is 0 Å². The topological polar surface area (TPSA) is 81.9 Å². The van der Waals surface area contributed by atoms with Crippen LogP contribution >= 0.6 is 0 Å². The van der Waals surface area contributed by atoms with Crippen molar-refractivity contribution in [3.05, 3.63) is 59.7 Å². The third-order valence-corrected chi connectivity index (χ3v) is 4.29. The summed E-state index contributed by atoms with van der Waals surface area (Å²) in [7, 11) is 0. The number of benzene rings is 2. The monoisotopic (exact) mass is 349 g/mol. The van der Waals surface area contributed by atoms with E-state index in [1.54, 1.807) is 0 Å². The smallest absolute Gasteiger partial charge is 0.244 e. The third kappa shape index (κ3) is 3.56. The lowest BCUT2D eigenvalue weighted by atomic mass is 10.0. The number of fused-ring (bicyclic) bond motifs is 1. The molecule has 2 heterocycles. The van der Waals surface area contributed by atoms with Crippen molar-refractivity contribution in [3.63, 3.8) is 0 Å². The zero-order valence-electron chi connectivity index (χ0n) is 14.4. The third-order valence-electron chi connectivity index (χ3n) is 4.29. The van der Waals surface area contributed by atoms with Gasteiger partial charge >= 0.3 is 0 Å². The Kier molecular flexibility index (Phi) is 4.35. The molecule has 0 aliphatic carbocycles. The molecular formula is C19H19N5O2. The quantitative estimate of drug-likeness (QED) is 0.776. The van der Waals surface area contributed by atoms with Gasteiger partial charge < -0.3 is 10.1 Å². The van der Waals surface area contributed by atoms with Crippen LogP contribution in [-0.4, -0.2) is 38.8 Å². The summed E-state index contributed by atoms with van der Waals surface area (Å²) < 4.78 is 5.69. The summed E-state index contributed by atoms with van der Waals surface area (Å²) in [6.45, 7) is 2.50. The minimum Gasteiger partial charge on any atom is -0.491 e. The largest absolute Gasteiger partial charge is 0.491 e. The molecule has 132 valence electrons. The van der Waals surface area contributed by atoms with Crippen LogP contribution in [0, 0.1) is 6.92 Å². The minimum atomic E-state index is -0.161. The standard InChI is InChI=1S/C19H19N5O2/c1-13-6-8-14(9-7-13)19-21-23-24(22-19)11-18(25)20-16-10-15-4-2-3-5-17(15)26-12-16/h2-9,16H,10-12H2,1H3,(H,20,25). The first-order valence-electron chi connectivity index (χ1n) is 8.52. The van der Waals surface area contributed by atoms with Crippen molar-refractivity contribution in [3.8, 4) is 17.1 Å². The molecule has 1 atom stereocenters. The average molecular weight is 349 g/mol. The molecule has 0 radical (unpaired) electrons. The van der Waals surface area contributed by atoms with Crippen LogP contribution in [0.2, 0.25) is 0 Å². The second kappa shape index (κ2) is 6.95. The molecule has 4 rings (SSSR count). The molecule has 1 N–H and O–H groups in total. The van der Waals surface area contributed by atoms with Crippen LogP contribution < -0.4 is 10.1 Å². The summed E-state index contributed by atoms with van der Waals surface area (Å²) in [6, 6.07) is 15.7. The highest BCUT2D eigenvalue weighted by Gasteiger charge is 2.21. The van der Waals surface area contributed by atoms with Gasteiger partial charge in [-0.15, -0.1) is 10.2 Å². The van der Waals surface area contributed by atoms with Gasteiger partial charge in [-0.3, -0.25) is 4.79 Å². The van der Waals surface area contributed by atoms with Gasteiger partial charge in [0.15, 0.2) is 0 Å². The van der Waals surface area contributed by atoms with Crippen LogP contribution in [0.4, 0.5) is 0 Å². The van der Waals surface area contributed by atoms with Crippen LogP contribution in [0.25, 0.3) is 11.4 Å². The van der Waals surface area contributed by atoms with Crippen LogP contribution in [0.3, 0.4) is 0 Å². The molecule has 2 aromatic carbocycles. The zero-order chi connectivity index (χ0) is 17.9. The van der Waals surface area contributed by atoms with Crippen molar-refractivity contribution >= 4 is 5.91 Å². The highest BCUT2D eigenvalue weighted by atomic mass is 16.5. The molecule has 0 saturated carbocycles. The fourth-order valence-corrected chi connectivity index (χ4v) is 2.95. The second-order valence-electron chi connectivity index (χ2n) is 6.40. The number of nitrogens with one attached hydrogen (secondary N) is 1. The maximum atomic E-state index is 12.3. The fourth-order valence-electron chi connectivity index (χ4n) is 2.95. The minimum absolute atomic E-state index is 0.0248. The molecule has 3 aromatic rings. The predicted molar refractivity (Wildman–Crippen MR) is 95.6 cm³/mol. The predicted octanol–water partition coefficient (Wildman–Crippen LogP) is 1.77. The van der Waals surface area contributed by atoms with Crippen molar-refractivity contribution in [1.82, 2.24) is 25.5 Å². The number of nitrogens with zero attached hydrogens (tertiary/aromatic N) is 4. The van der Waals surface area contributed by atoms with E-state index < -0.39 is 0 Å². The van der Waals surface area contributed by atoms with Gasteiger partial charge in [-0.2, -0.15) is 4.80 Å². The maximum absolute atomic E-state index is 12.3. The van der Waals surface area contributed by atoms with Crippen molar-refractivity contribution < 1.29 is 9.53 Å². The van der Waals surface area contributed by atoms with E-state index in [1.807, 2.05) is 55.5 Å². The Balaban J connectivity index is 1.36. The van der Waals surface area contributed by atoms with E-state index in [0.717, 1.165) is 28.9 Å². The number of hydrogen-bond acceptors (Lipinski definition) is 5. The number of rotatable bonds is 4. The van der Waals surface area contributed by atoms with Gasteiger partial charge in [-0.1, -0.05) is 48.0 Å². The molecule has 1 unspecified atom stereocenters. The summed E-state index contributed by atoms with van der Waals surface area (Å²) >= 11 is 0. The molecule has 1 aromatic heterocycles. The molecule has 1 amide bonds. The second-order valence-corrected chi connectivity index (χ2v) is 6.40. The van der Waals surface area contributed by atoms with E-state index in [-0.39, 0.29) is 18.5 Å². The number of carbonyl (C=O) groups excluding carboxylic acids is 1. The van der Waals surface area contributed by atoms with Crippen LogP contribution in [0.5, 0.6) is 5.75 Å². The number of hydrogen-bond donors (Lipinski definition) is 1. The van der Waals surface area contributed by atoms with E-state index in [1.165, 1.54) is 4.80 Å². The molecular weight excluding hydrogens is 330 g/mol. The molecule has 1 aliphatic rings. The molecule has 1 aliphatic heterocycles. The lowest BCUT2D eigenvalue weighted by Gasteiger charge is -2.25. The lowest BCUT2D eigenvalue weighted by Crippen LogP contribution is -2.44. The number of tetrazole rings is 1. The Labute approximate surface area is 151 Å². The summed E-state index contributed by atoms with van der Waals surface area (Å²) in [5.74, 6) is 1.23. The SMILES string of the molecule is Cc1ccc(-c2nnn(CC(=O)NC3COc4ccccc4C3)n2)cc1. The van der Waals surface area contributed by atoms with Crippen LogP contribution in [0.15, 0.2) is 48.5 Å². The number of aryl methyl sites for hydroxylation is 1. The summed E-state index contributed by atoms with van der Waals surface area (Å²) in [5, 5.41) is 15.2. The molecule has 0 bridgehead atoms. The van der Waals surface area contributed by atoms with E-state index in [4.69, 9.17) is 4.74 Å². The van der Waals surface area contributed by atoms with Gasteiger partial charge in [0.25, 0.3) is 0 Å². The summed E-state index contributed by atoms with van der Waals surface area (Å²) in [4.78, 5) is 13.6. The molecule has 0 spiro atoms. The lowest BCUT2D eigenvalue weighted by molar-refractivity contribution is -0.123. The summed E-state index contributed by atoms with van der Waals surface area (Å²) in [5.41, 5.74) is 3.14. The number of carbonyl (C=O) groups is 1. The molecule has 0 saturated heterocycles. The first-order valence-corrected chi connectivity index (χ1v) is 8.52. The number of aromatic nitrogens is 4. The Bertz CT molecular complexity index is 920. The van der Waals surface area contributed by atoms with Crippen LogP contribution in [0.1, 0.15) is 11.1 Å². The van der Waals surface area contributed by atoms with E-state index >= 15 is 0 Å². The molecule has 7 heteroatoms. The summed E-state index contributed by atoms with van der Waals surface area (Å²) in [6.07, 6.45) is 0.751. The van der Waals surface area contributed by atoms with Crippen molar-refractivity contribution in [2.75, 3.05) is 6.61 Å². The van der Waals surface area contributed by atoms with Crippen molar-refractivity contribution in [2.45, 2.75) is 25.9 Å². The fraction of sp³-hybridized carbons (Fsp3) is 0.263. The number of amides is 1. The first kappa shape index (κ1) is 16.3. The van der Waals surface area contributed by atoms with E-state index in [2.05, 4.69) is 20.7 Å². The number of para-hydroxylation sites is 1. The molecule has 7 nitrogen and oxygen atoms in total. The van der Waals surface area contributed by atoms with Crippen LogP contribution in [-0.2, 0) is 17.8 Å². The number of ether oxygens (including phenoxy) is 1. The van der Waals surface area contributed by atoms with E-state index in [0.29, 0.717) is 12.4 Å². The van der Waals surface area contributed by atoms with Gasteiger partial charge in [-0.05, 0) is 30.2 Å². The Morgan fingerprint density at radius 3 is 2.88 bits per heavy atom. The van der Waals surface area contributed by atoms with Gasteiger partial charge in [0, 0.05) is 5.56 Å². The highest BCUT2D eigenvalue weighted by molar-refractivity contribution is 5.76. The van der Waals surface area contributed by atoms with Gasteiger partial charge in [0.1, 0.15) is 18.9 Å². The van der Waals surface area contributed by atoms with E-state index in [9.17, 15) is 4.79 Å². The highest BCUT2D eigenvalue weighted by Crippen LogP contribution is 2.23. The molecule has 26 heavy (non-hydrogen) atoms. The maximum Gasteiger partial charge on any atom is 0.244 e. The van der Waals surface area contributed by atoms with Gasteiger partial charge in [0.05, 0.1) is 6.04 Å². The molecule has 0 fully saturated rings. The van der Waals surface area contributed by atoms with Crippen molar-refractivity contribution in [1.29, 1.82) is 0 Å². The Morgan fingerprint density at radius 2 is 2.04 bits per heavy atom. The van der Waals surface area contributed by atoms with Crippen molar-refractivity contribution in [2.24, 2.45) is 0 Å². The zero-order valence-corrected chi connectivity index (χ0v) is 14.4. The Morgan fingerprint density at radius 1 is 1.23 bits per heavy atom. The first-order chi connectivity index (χ1) is 12.7.